The van der Waals surface area contributed by atoms with Gasteiger partial charge in [0.2, 0.25) is 0 Å². The van der Waals surface area contributed by atoms with Crippen LogP contribution in [0.2, 0.25) is 0 Å². The summed E-state index contributed by atoms with van der Waals surface area (Å²) in [6.07, 6.45) is 5.96. The van der Waals surface area contributed by atoms with Gasteiger partial charge in [0.15, 0.2) is 11.5 Å². The Morgan fingerprint density at radius 3 is 2.81 bits per heavy atom. The van der Waals surface area contributed by atoms with Crippen LogP contribution >= 0.6 is 15.9 Å². The van der Waals surface area contributed by atoms with Gasteiger partial charge in [-0.2, -0.15) is 0 Å². The summed E-state index contributed by atoms with van der Waals surface area (Å²) in [4.78, 5) is 0. The Kier molecular flexibility index (Phi) is 6.37. The average Bonchev–Trinajstić information content (AvgIpc) is 2.43. The monoisotopic (exact) mass is 355 g/mol. The van der Waals surface area contributed by atoms with Crippen LogP contribution in [0.15, 0.2) is 16.6 Å². The van der Waals surface area contributed by atoms with Gasteiger partial charge in [-0.25, -0.2) is 0 Å². The molecule has 0 amide bonds. The van der Waals surface area contributed by atoms with Gasteiger partial charge in [0, 0.05) is 0 Å². The summed E-state index contributed by atoms with van der Waals surface area (Å²) in [6, 6.07) is 4.15. The fourth-order valence-electron chi connectivity index (χ4n) is 2.96. The zero-order valence-electron chi connectivity index (χ0n) is 13.0. The molecule has 1 aliphatic rings. The van der Waals surface area contributed by atoms with Crippen molar-refractivity contribution in [1.29, 1.82) is 0 Å². The van der Waals surface area contributed by atoms with E-state index >= 15 is 0 Å². The van der Waals surface area contributed by atoms with E-state index in [1.807, 2.05) is 6.92 Å². The number of nitrogens with two attached hydrogens (primary N) is 1. The van der Waals surface area contributed by atoms with Crippen LogP contribution in [0.4, 0.5) is 0 Å². The Balaban J connectivity index is 2.19. The van der Waals surface area contributed by atoms with Crippen LogP contribution in [-0.2, 0) is 6.42 Å². The molecule has 2 rings (SSSR count). The highest BCUT2D eigenvalue weighted by Crippen LogP contribution is 2.39. The van der Waals surface area contributed by atoms with E-state index in [0.717, 1.165) is 41.2 Å². The minimum atomic E-state index is 0.296. The highest BCUT2D eigenvalue weighted by Gasteiger charge is 2.23. The maximum atomic E-state index is 6.27. The molecule has 0 radical (unpaired) electrons. The number of hydrogen-bond donors (Lipinski definition) is 1. The lowest BCUT2D eigenvalue weighted by Gasteiger charge is -2.28. The molecule has 1 aromatic carbocycles. The van der Waals surface area contributed by atoms with Crippen LogP contribution in [0, 0.1) is 5.92 Å². The van der Waals surface area contributed by atoms with E-state index in [-0.39, 0.29) is 0 Å². The number of rotatable bonds is 6. The van der Waals surface area contributed by atoms with Crippen molar-refractivity contribution in [2.24, 2.45) is 11.7 Å². The van der Waals surface area contributed by atoms with Crippen molar-refractivity contribution >= 4 is 15.9 Å². The maximum Gasteiger partial charge on any atom is 0.175 e. The van der Waals surface area contributed by atoms with E-state index < -0.39 is 0 Å². The first kappa shape index (κ1) is 16.6. The van der Waals surface area contributed by atoms with Crippen molar-refractivity contribution in [3.8, 4) is 11.5 Å². The van der Waals surface area contributed by atoms with Gasteiger partial charge in [-0.3, -0.25) is 0 Å². The Labute approximate surface area is 136 Å². The molecule has 0 spiro atoms. The lowest BCUT2D eigenvalue weighted by atomic mass is 9.89. The molecule has 3 nitrogen and oxygen atoms in total. The van der Waals surface area contributed by atoms with Gasteiger partial charge in [0.1, 0.15) is 0 Å². The third-order valence-electron chi connectivity index (χ3n) is 3.97. The van der Waals surface area contributed by atoms with Crippen molar-refractivity contribution in [3.05, 3.63) is 22.2 Å². The molecule has 118 valence electrons. The van der Waals surface area contributed by atoms with E-state index in [0.29, 0.717) is 19.3 Å². The fourth-order valence-corrected chi connectivity index (χ4v) is 3.54. The van der Waals surface area contributed by atoms with Crippen molar-refractivity contribution in [3.63, 3.8) is 0 Å². The summed E-state index contributed by atoms with van der Waals surface area (Å²) in [5, 5.41) is 0. The van der Waals surface area contributed by atoms with E-state index in [2.05, 4.69) is 35.0 Å². The van der Waals surface area contributed by atoms with Crippen molar-refractivity contribution in [1.82, 2.24) is 0 Å². The molecule has 4 heteroatoms. The quantitative estimate of drug-likeness (QED) is 0.826. The second-order valence-electron chi connectivity index (χ2n) is 5.89. The van der Waals surface area contributed by atoms with Crippen molar-refractivity contribution < 1.29 is 9.47 Å². The summed E-state index contributed by atoms with van der Waals surface area (Å²) in [7, 11) is 0. The number of benzene rings is 1. The zero-order chi connectivity index (χ0) is 15.2. The van der Waals surface area contributed by atoms with Gasteiger partial charge in [-0.15, -0.1) is 0 Å². The summed E-state index contributed by atoms with van der Waals surface area (Å²) < 4.78 is 13.0. The molecular weight excluding hydrogens is 330 g/mol. The van der Waals surface area contributed by atoms with Crippen LogP contribution < -0.4 is 15.2 Å². The molecule has 1 aliphatic carbocycles. The lowest BCUT2D eigenvalue weighted by molar-refractivity contribution is 0.123. The van der Waals surface area contributed by atoms with E-state index in [1.165, 1.54) is 18.4 Å². The van der Waals surface area contributed by atoms with Gasteiger partial charge in [0.05, 0.1) is 17.2 Å². The SMILES string of the molecule is CCOc1cc(CCN)cc(Br)c1OC1CCCC(C)C1. The maximum absolute atomic E-state index is 6.27. The molecular formula is C17H26BrNO2. The number of hydrogen-bond acceptors (Lipinski definition) is 3. The normalized spacial score (nSPS) is 22.1. The minimum absolute atomic E-state index is 0.296. The predicted molar refractivity (Wildman–Crippen MR) is 90.1 cm³/mol. The first-order chi connectivity index (χ1) is 10.1. The standard InChI is InChI=1S/C17H26BrNO2/c1-3-20-16-11-13(7-8-19)10-15(18)17(16)21-14-6-4-5-12(2)9-14/h10-12,14H,3-9,19H2,1-2H3. The van der Waals surface area contributed by atoms with Crippen LogP contribution in [0.1, 0.15) is 45.1 Å². The average molecular weight is 356 g/mol. The van der Waals surface area contributed by atoms with Gasteiger partial charge in [-0.1, -0.05) is 13.3 Å². The Hall–Kier alpha value is -0.740. The van der Waals surface area contributed by atoms with Gasteiger partial charge < -0.3 is 15.2 Å². The Bertz CT molecular complexity index is 464. The van der Waals surface area contributed by atoms with Gasteiger partial charge in [-0.05, 0) is 78.7 Å². The van der Waals surface area contributed by atoms with Crippen LogP contribution in [-0.4, -0.2) is 19.3 Å². The summed E-state index contributed by atoms with van der Waals surface area (Å²) in [5.41, 5.74) is 6.83. The van der Waals surface area contributed by atoms with Crippen molar-refractivity contribution in [2.75, 3.05) is 13.2 Å². The van der Waals surface area contributed by atoms with E-state index in [1.54, 1.807) is 0 Å². The number of halogens is 1. The molecule has 2 N–H and O–H groups in total. The van der Waals surface area contributed by atoms with E-state index in [4.69, 9.17) is 15.2 Å². The zero-order valence-corrected chi connectivity index (χ0v) is 14.6. The molecule has 1 saturated carbocycles. The second-order valence-corrected chi connectivity index (χ2v) is 6.74. The molecule has 0 saturated heterocycles. The third kappa shape index (κ3) is 4.62. The van der Waals surface area contributed by atoms with E-state index in [9.17, 15) is 0 Å². The highest BCUT2D eigenvalue weighted by molar-refractivity contribution is 9.10. The largest absolute Gasteiger partial charge is 0.490 e. The lowest BCUT2D eigenvalue weighted by Crippen LogP contribution is -2.24. The van der Waals surface area contributed by atoms with Crippen molar-refractivity contribution in [2.45, 2.75) is 52.1 Å². The predicted octanol–water partition coefficient (Wildman–Crippen LogP) is 4.31. The van der Waals surface area contributed by atoms with Gasteiger partial charge in [0.25, 0.3) is 0 Å². The Morgan fingerprint density at radius 2 is 2.14 bits per heavy atom. The highest BCUT2D eigenvalue weighted by atomic mass is 79.9. The van der Waals surface area contributed by atoms with Crippen LogP contribution in [0.5, 0.6) is 11.5 Å². The summed E-state index contributed by atoms with van der Waals surface area (Å²) in [5.74, 6) is 2.42. The topological polar surface area (TPSA) is 44.5 Å². The van der Waals surface area contributed by atoms with Gasteiger partial charge >= 0.3 is 0 Å². The molecule has 2 atom stereocenters. The Morgan fingerprint density at radius 1 is 1.33 bits per heavy atom. The molecule has 2 unspecified atom stereocenters. The third-order valence-corrected chi connectivity index (χ3v) is 4.56. The molecule has 0 bridgehead atoms. The molecule has 0 heterocycles. The molecule has 0 aromatic heterocycles. The second kappa shape index (κ2) is 8.04. The number of ether oxygens (including phenoxy) is 2. The first-order valence-electron chi connectivity index (χ1n) is 7.96. The smallest absolute Gasteiger partial charge is 0.175 e. The van der Waals surface area contributed by atoms with Crippen LogP contribution in [0.25, 0.3) is 0 Å². The molecule has 21 heavy (non-hydrogen) atoms. The summed E-state index contributed by atoms with van der Waals surface area (Å²) in [6.45, 7) is 5.57. The molecule has 0 aliphatic heterocycles. The molecule has 1 aromatic rings. The first-order valence-corrected chi connectivity index (χ1v) is 8.75. The molecule has 1 fully saturated rings. The fraction of sp³-hybridized carbons (Fsp3) is 0.647. The summed E-state index contributed by atoms with van der Waals surface area (Å²) >= 11 is 3.63. The minimum Gasteiger partial charge on any atom is -0.490 e. The van der Waals surface area contributed by atoms with Crippen LogP contribution in [0.3, 0.4) is 0 Å².